The maximum absolute atomic E-state index is 13.8. The van der Waals surface area contributed by atoms with E-state index in [-0.39, 0.29) is 23.9 Å². The summed E-state index contributed by atoms with van der Waals surface area (Å²) in [7, 11) is 0. The molecule has 7 nitrogen and oxygen atoms in total. The van der Waals surface area contributed by atoms with Crippen LogP contribution in [0.2, 0.25) is 0 Å². The molecule has 39 heavy (non-hydrogen) atoms. The van der Waals surface area contributed by atoms with Crippen molar-refractivity contribution in [3.8, 4) is 0 Å². The Labute approximate surface area is 225 Å². The molecule has 1 heterocycles. The Balaban J connectivity index is 1.97. The molecule has 0 spiro atoms. The van der Waals surface area contributed by atoms with Gasteiger partial charge >= 0.3 is 6.18 Å². The average Bonchev–Trinajstić information content (AvgIpc) is 2.88. The highest BCUT2D eigenvalue weighted by molar-refractivity contribution is 6.00. The number of nitrogens with one attached hydrogen (secondary N) is 1. The smallest absolute Gasteiger partial charge is 0.344 e. The van der Waals surface area contributed by atoms with Crippen LogP contribution in [0, 0.1) is 11.8 Å². The minimum Gasteiger partial charge on any atom is -0.344 e. The molecule has 3 rings (SSSR count). The standard InChI is InChI=1S/C29H32F3N3O4/c1-18(2)25-28(39)34(23(21-13-9-6-10-14-21)16-35(25)27(38)19(3)4)17-24(36)33-22(26(37)29(30,31)32)15-20-11-7-5-8-12-20/h5-14,16,18-19,22,25H,15,17H2,1-4H3,(H,33,36). The SMILES string of the molecule is CC(C)C(=O)N1C=C(c2ccccc2)N(CC(=O)NC(Cc2ccccc2)C(=O)C(F)(F)F)C(=O)C1C(C)C. The summed E-state index contributed by atoms with van der Waals surface area (Å²) >= 11 is 0. The third-order valence-corrected chi connectivity index (χ3v) is 6.34. The van der Waals surface area contributed by atoms with Gasteiger partial charge in [-0.1, -0.05) is 88.4 Å². The Hall–Kier alpha value is -3.95. The highest BCUT2D eigenvalue weighted by Gasteiger charge is 2.45. The van der Waals surface area contributed by atoms with Crippen molar-refractivity contribution < 1.29 is 32.3 Å². The van der Waals surface area contributed by atoms with Gasteiger partial charge in [0.2, 0.25) is 11.8 Å². The quantitative estimate of drug-likeness (QED) is 0.514. The Kier molecular flexibility index (Phi) is 9.32. The van der Waals surface area contributed by atoms with E-state index in [1.54, 1.807) is 88.4 Å². The zero-order valence-corrected chi connectivity index (χ0v) is 22.2. The lowest BCUT2D eigenvalue weighted by Crippen LogP contribution is -2.58. The lowest BCUT2D eigenvalue weighted by Gasteiger charge is -2.41. The normalized spacial score (nSPS) is 16.8. The number of carbonyl (C=O) groups excluding carboxylic acids is 4. The van der Waals surface area contributed by atoms with Crippen LogP contribution in [-0.2, 0) is 25.6 Å². The van der Waals surface area contributed by atoms with Crippen LogP contribution in [0.3, 0.4) is 0 Å². The molecule has 0 saturated carbocycles. The van der Waals surface area contributed by atoms with E-state index in [2.05, 4.69) is 5.32 Å². The van der Waals surface area contributed by atoms with E-state index in [1.165, 1.54) is 11.1 Å². The minimum atomic E-state index is -5.16. The summed E-state index contributed by atoms with van der Waals surface area (Å²) in [5, 5.41) is 2.20. The fraction of sp³-hybridized carbons (Fsp3) is 0.379. The number of benzene rings is 2. The molecule has 10 heteroatoms. The number of carbonyl (C=O) groups is 4. The summed E-state index contributed by atoms with van der Waals surface area (Å²) in [4.78, 5) is 54.7. The highest BCUT2D eigenvalue weighted by atomic mass is 19.4. The van der Waals surface area contributed by atoms with Crippen molar-refractivity contribution in [2.24, 2.45) is 11.8 Å². The van der Waals surface area contributed by atoms with Crippen LogP contribution in [0.1, 0.15) is 38.8 Å². The van der Waals surface area contributed by atoms with Crippen LogP contribution in [0.15, 0.2) is 66.9 Å². The molecule has 2 aromatic rings. The van der Waals surface area contributed by atoms with Crippen LogP contribution >= 0.6 is 0 Å². The first-order chi connectivity index (χ1) is 18.3. The molecule has 0 radical (unpaired) electrons. The van der Waals surface area contributed by atoms with Gasteiger partial charge in [0, 0.05) is 18.5 Å². The summed E-state index contributed by atoms with van der Waals surface area (Å²) in [6.45, 7) is 6.32. The molecule has 0 aromatic heterocycles. The number of halogens is 3. The molecule has 2 aromatic carbocycles. The molecule has 208 valence electrons. The number of alkyl halides is 3. The number of hydrogen-bond acceptors (Lipinski definition) is 4. The molecule has 2 atom stereocenters. The van der Waals surface area contributed by atoms with Crippen molar-refractivity contribution in [2.45, 2.75) is 52.4 Å². The van der Waals surface area contributed by atoms with Gasteiger partial charge in [0.1, 0.15) is 18.6 Å². The zero-order chi connectivity index (χ0) is 28.9. The predicted molar refractivity (Wildman–Crippen MR) is 140 cm³/mol. The maximum atomic E-state index is 13.8. The van der Waals surface area contributed by atoms with E-state index < -0.39 is 48.3 Å². The largest absolute Gasteiger partial charge is 0.452 e. The summed E-state index contributed by atoms with van der Waals surface area (Å²) in [6, 6.07) is 13.8. The van der Waals surface area contributed by atoms with Crippen LogP contribution in [0.5, 0.6) is 0 Å². The molecule has 3 amide bonds. The van der Waals surface area contributed by atoms with Gasteiger partial charge in [-0.3, -0.25) is 24.1 Å². The van der Waals surface area contributed by atoms with Crippen LogP contribution < -0.4 is 5.32 Å². The predicted octanol–water partition coefficient (Wildman–Crippen LogP) is 4.20. The lowest BCUT2D eigenvalue weighted by molar-refractivity contribution is -0.173. The van der Waals surface area contributed by atoms with Gasteiger partial charge < -0.3 is 10.2 Å². The number of amides is 3. The third kappa shape index (κ3) is 7.13. The van der Waals surface area contributed by atoms with Crippen LogP contribution in [0.25, 0.3) is 5.70 Å². The lowest BCUT2D eigenvalue weighted by atomic mass is 9.95. The Morgan fingerprint density at radius 3 is 2.00 bits per heavy atom. The van der Waals surface area contributed by atoms with Gasteiger partial charge in [-0.2, -0.15) is 13.2 Å². The Morgan fingerprint density at radius 1 is 0.923 bits per heavy atom. The van der Waals surface area contributed by atoms with E-state index >= 15 is 0 Å². The van der Waals surface area contributed by atoms with Crippen molar-refractivity contribution in [3.05, 3.63) is 78.0 Å². The first kappa shape index (κ1) is 29.6. The average molecular weight is 544 g/mol. The fourth-order valence-electron chi connectivity index (χ4n) is 4.43. The molecule has 0 bridgehead atoms. The maximum Gasteiger partial charge on any atom is 0.452 e. The summed E-state index contributed by atoms with van der Waals surface area (Å²) < 4.78 is 40.1. The van der Waals surface area contributed by atoms with Crippen LogP contribution in [0.4, 0.5) is 13.2 Å². The molecule has 0 saturated heterocycles. The second-order valence-electron chi connectivity index (χ2n) is 10.1. The van der Waals surface area contributed by atoms with Crippen molar-refractivity contribution in [2.75, 3.05) is 6.54 Å². The van der Waals surface area contributed by atoms with E-state index in [0.717, 1.165) is 4.90 Å². The number of Topliss-reactive ketones (excluding diaryl/α,β-unsaturated/α-hetero) is 1. The first-order valence-electron chi connectivity index (χ1n) is 12.7. The van der Waals surface area contributed by atoms with Crippen molar-refractivity contribution in [3.63, 3.8) is 0 Å². The number of rotatable bonds is 9. The van der Waals surface area contributed by atoms with Crippen molar-refractivity contribution >= 4 is 29.2 Å². The summed E-state index contributed by atoms with van der Waals surface area (Å²) in [5.41, 5.74) is 1.22. The van der Waals surface area contributed by atoms with Gasteiger partial charge in [-0.15, -0.1) is 0 Å². The van der Waals surface area contributed by atoms with Crippen molar-refractivity contribution in [1.82, 2.24) is 15.1 Å². The fourth-order valence-corrected chi connectivity index (χ4v) is 4.43. The molecule has 1 aliphatic rings. The molecule has 1 N–H and O–H groups in total. The highest BCUT2D eigenvalue weighted by Crippen LogP contribution is 2.31. The van der Waals surface area contributed by atoms with Crippen molar-refractivity contribution in [1.29, 1.82) is 0 Å². The molecular formula is C29H32F3N3O4. The van der Waals surface area contributed by atoms with E-state index in [9.17, 15) is 32.3 Å². The first-order valence-corrected chi connectivity index (χ1v) is 12.7. The second kappa shape index (κ2) is 12.3. The van der Waals surface area contributed by atoms with E-state index in [4.69, 9.17) is 0 Å². The zero-order valence-electron chi connectivity index (χ0n) is 22.2. The van der Waals surface area contributed by atoms with Gasteiger partial charge in [0.05, 0.1) is 5.70 Å². The summed E-state index contributed by atoms with van der Waals surface area (Å²) in [6.07, 6.45) is -4.02. The molecule has 1 aliphatic heterocycles. The van der Waals surface area contributed by atoms with E-state index in [1.807, 2.05) is 0 Å². The van der Waals surface area contributed by atoms with Crippen LogP contribution in [-0.4, -0.2) is 58.1 Å². The van der Waals surface area contributed by atoms with Gasteiger partial charge in [0.25, 0.3) is 11.7 Å². The molecule has 2 unspecified atom stereocenters. The van der Waals surface area contributed by atoms with Gasteiger partial charge in [-0.05, 0) is 17.0 Å². The van der Waals surface area contributed by atoms with Gasteiger partial charge in [0.15, 0.2) is 0 Å². The molecule has 0 aliphatic carbocycles. The molecule has 0 fully saturated rings. The number of ketones is 1. The summed E-state index contributed by atoms with van der Waals surface area (Å²) in [5.74, 6) is -4.58. The third-order valence-electron chi connectivity index (χ3n) is 6.34. The Morgan fingerprint density at radius 2 is 1.49 bits per heavy atom. The van der Waals surface area contributed by atoms with E-state index in [0.29, 0.717) is 11.1 Å². The monoisotopic (exact) mass is 543 g/mol. The second-order valence-corrected chi connectivity index (χ2v) is 10.1. The molecular weight excluding hydrogens is 511 g/mol. The number of nitrogens with zero attached hydrogens (tertiary/aromatic N) is 2. The minimum absolute atomic E-state index is 0.253. The number of hydrogen-bond donors (Lipinski definition) is 1. The topological polar surface area (TPSA) is 86.8 Å². The Bertz CT molecular complexity index is 1230. The van der Waals surface area contributed by atoms with Gasteiger partial charge in [-0.25, -0.2) is 0 Å².